The third-order valence-electron chi connectivity index (χ3n) is 4.99. The third kappa shape index (κ3) is 5.46. The van der Waals surface area contributed by atoms with Gasteiger partial charge in [-0.3, -0.25) is 4.79 Å². The first kappa shape index (κ1) is 22.0. The summed E-state index contributed by atoms with van der Waals surface area (Å²) < 4.78 is 24.5. The Labute approximate surface area is 175 Å². The van der Waals surface area contributed by atoms with Gasteiger partial charge in [-0.25, -0.2) is 4.39 Å². The van der Waals surface area contributed by atoms with Crippen molar-refractivity contribution in [1.29, 1.82) is 0 Å². The number of esters is 1. The molecule has 1 aliphatic rings. The fraction of sp³-hybridized carbons (Fsp3) is 0.375. The van der Waals surface area contributed by atoms with Crippen molar-refractivity contribution in [3.05, 3.63) is 59.4 Å². The van der Waals surface area contributed by atoms with E-state index in [0.29, 0.717) is 12.2 Å². The number of ether oxygens (including phenoxy) is 2. The van der Waals surface area contributed by atoms with E-state index in [1.165, 1.54) is 12.1 Å². The highest BCUT2D eigenvalue weighted by Crippen LogP contribution is 2.36. The molecule has 2 N–H and O–H groups in total. The maximum atomic E-state index is 13.5. The number of benzene rings is 2. The molecule has 0 amide bonds. The van der Waals surface area contributed by atoms with Crippen molar-refractivity contribution in [3.63, 3.8) is 0 Å². The minimum absolute atomic E-state index is 0.0132. The van der Waals surface area contributed by atoms with Crippen LogP contribution in [-0.2, 0) is 9.53 Å². The Morgan fingerprint density at radius 3 is 2.63 bits per heavy atom. The number of hydrogen-bond donors (Lipinski definition) is 2. The highest BCUT2D eigenvalue weighted by molar-refractivity contribution is 5.79. The van der Waals surface area contributed by atoms with Crippen LogP contribution in [0.2, 0.25) is 0 Å². The van der Waals surface area contributed by atoms with E-state index in [9.17, 15) is 14.3 Å². The lowest BCUT2D eigenvalue weighted by Gasteiger charge is -2.24. The molecule has 0 spiro atoms. The topological polar surface area (TPSA) is 76.0 Å². The second-order valence-corrected chi connectivity index (χ2v) is 7.69. The number of aliphatic hydroxyl groups is 2. The normalized spacial score (nSPS) is 19.3. The molecule has 0 unspecified atom stereocenters. The highest BCUT2D eigenvalue weighted by atomic mass is 19.1. The first-order valence-electron chi connectivity index (χ1n) is 10.1. The molecule has 3 rings (SSSR count). The molecule has 6 heteroatoms. The van der Waals surface area contributed by atoms with Crippen LogP contribution in [0.15, 0.2) is 42.5 Å². The minimum atomic E-state index is -0.712. The van der Waals surface area contributed by atoms with E-state index in [1.54, 1.807) is 18.2 Å². The second-order valence-electron chi connectivity index (χ2n) is 7.69. The Bertz CT molecular complexity index is 905. The minimum Gasteiger partial charge on any atom is -0.491 e. The van der Waals surface area contributed by atoms with Crippen LogP contribution in [0, 0.1) is 5.82 Å². The van der Waals surface area contributed by atoms with E-state index >= 15 is 0 Å². The van der Waals surface area contributed by atoms with Gasteiger partial charge >= 0.3 is 5.97 Å². The van der Waals surface area contributed by atoms with Crippen molar-refractivity contribution in [2.75, 3.05) is 13.2 Å². The molecule has 2 aromatic rings. The van der Waals surface area contributed by atoms with Crippen LogP contribution in [-0.4, -0.2) is 41.6 Å². The van der Waals surface area contributed by atoms with Crippen LogP contribution < -0.4 is 4.74 Å². The van der Waals surface area contributed by atoms with Gasteiger partial charge in [-0.05, 0) is 58.5 Å². The first-order valence-corrected chi connectivity index (χ1v) is 10.1. The Balaban J connectivity index is 2.07. The smallest absolute Gasteiger partial charge is 0.309 e. The Hall–Kier alpha value is -2.70. The van der Waals surface area contributed by atoms with E-state index in [0.717, 1.165) is 22.3 Å². The van der Waals surface area contributed by atoms with Gasteiger partial charge in [-0.1, -0.05) is 32.1 Å². The number of hydrogen-bond acceptors (Lipinski definition) is 5. The zero-order valence-electron chi connectivity index (χ0n) is 17.2. The monoisotopic (exact) mass is 414 g/mol. The molecule has 0 radical (unpaired) electrons. The Morgan fingerprint density at radius 1 is 1.27 bits per heavy atom. The summed E-state index contributed by atoms with van der Waals surface area (Å²) in [5.41, 5.74) is 3.56. The van der Waals surface area contributed by atoms with E-state index in [2.05, 4.69) is 13.8 Å². The number of carbonyl (C=O) groups is 1. The summed E-state index contributed by atoms with van der Waals surface area (Å²) in [7, 11) is 0. The molecule has 160 valence electrons. The lowest BCUT2D eigenvalue weighted by molar-refractivity contribution is -0.156. The molecule has 1 aliphatic heterocycles. The van der Waals surface area contributed by atoms with Gasteiger partial charge in [0.05, 0.1) is 19.1 Å². The third-order valence-corrected chi connectivity index (χ3v) is 4.99. The van der Waals surface area contributed by atoms with Gasteiger partial charge in [0.1, 0.15) is 24.3 Å². The molecule has 2 atom stereocenters. The van der Waals surface area contributed by atoms with E-state index in [4.69, 9.17) is 14.6 Å². The molecule has 0 aromatic heterocycles. The zero-order valence-corrected chi connectivity index (χ0v) is 17.2. The SMILES string of the molecule is CC(C)c1cc(OCCO)cc(-c2ccc(F)cc2)c1/C=C/[C@H]1C[C@H](O)CC(=O)O1. The summed E-state index contributed by atoms with van der Waals surface area (Å²) >= 11 is 0. The van der Waals surface area contributed by atoms with Gasteiger partial charge in [-0.2, -0.15) is 0 Å². The fourth-order valence-electron chi connectivity index (χ4n) is 3.56. The van der Waals surface area contributed by atoms with Gasteiger partial charge in [0, 0.05) is 6.42 Å². The van der Waals surface area contributed by atoms with E-state index in [-0.39, 0.29) is 31.4 Å². The maximum Gasteiger partial charge on any atom is 0.309 e. The van der Waals surface area contributed by atoms with Gasteiger partial charge in [0.25, 0.3) is 0 Å². The van der Waals surface area contributed by atoms with E-state index < -0.39 is 18.2 Å². The van der Waals surface area contributed by atoms with Gasteiger partial charge in [0.15, 0.2) is 0 Å². The van der Waals surface area contributed by atoms with Crippen molar-refractivity contribution in [2.45, 2.75) is 44.8 Å². The molecule has 0 aliphatic carbocycles. The average molecular weight is 414 g/mol. The summed E-state index contributed by atoms with van der Waals surface area (Å²) in [6.45, 7) is 4.19. The summed E-state index contributed by atoms with van der Waals surface area (Å²) in [5, 5.41) is 19.0. The Morgan fingerprint density at radius 2 is 2.00 bits per heavy atom. The average Bonchev–Trinajstić information content (AvgIpc) is 2.70. The zero-order chi connectivity index (χ0) is 21.7. The lowest BCUT2D eigenvalue weighted by Crippen LogP contribution is -2.31. The van der Waals surface area contributed by atoms with Gasteiger partial charge in [-0.15, -0.1) is 0 Å². The number of cyclic esters (lactones) is 1. The van der Waals surface area contributed by atoms with Crippen LogP contribution in [0.4, 0.5) is 4.39 Å². The van der Waals surface area contributed by atoms with Crippen LogP contribution >= 0.6 is 0 Å². The van der Waals surface area contributed by atoms with Crippen LogP contribution in [0.25, 0.3) is 17.2 Å². The first-order chi connectivity index (χ1) is 14.4. The lowest BCUT2D eigenvalue weighted by atomic mass is 9.89. The number of aliphatic hydroxyl groups excluding tert-OH is 2. The molecular formula is C24H27FO5. The molecule has 1 fully saturated rings. The van der Waals surface area contributed by atoms with Crippen LogP contribution in [0.1, 0.15) is 43.7 Å². The van der Waals surface area contributed by atoms with Crippen molar-refractivity contribution < 1.29 is 28.9 Å². The fourth-order valence-corrected chi connectivity index (χ4v) is 3.56. The molecular weight excluding hydrogens is 387 g/mol. The molecule has 5 nitrogen and oxygen atoms in total. The number of carbonyl (C=O) groups excluding carboxylic acids is 1. The highest BCUT2D eigenvalue weighted by Gasteiger charge is 2.25. The maximum absolute atomic E-state index is 13.5. The van der Waals surface area contributed by atoms with Crippen molar-refractivity contribution in [2.24, 2.45) is 0 Å². The van der Waals surface area contributed by atoms with Crippen LogP contribution in [0.3, 0.4) is 0 Å². The van der Waals surface area contributed by atoms with Crippen molar-refractivity contribution in [1.82, 2.24) is 0 Å². The molecule has 2 aromatic carbocycles. The van der Waals surface area contributed by atoms with Crippen molar-refractivity contribution >= 4 is 12.0 Å². The second kappa shape index (κ2) is 9.87. The predicted octanol–water partition coefficient (Wildman–Crippen LogP) is 4.07. The summed E-state index contributed by atoms with van der Waals surface area (Å²) in [6, 6.07) is 9.99. The van der Waals surface area contributed by atoms with Crippen molar-refractivity contribution in [3.8, 4) is 16.9 Å². The standard InChI is InChI=1S/C24H27FO5/c1-15(2)22-13-20(29-10-9-26)14-23(16-3-5-17(25)6-4-16)21(22)8-7-19-11-18(27)12-24(28)30-19/h3-8,13-15,18-19,26-27H,9-12H2,1-2H3/b8-7+/t18-,19-/m0/s1. The molecule has 1 heterocycles. The molecule has 0 bridgehead atoms. The van der Waals surface area contributed by atoms with Crippen LogP contribution in [0.5, 0.6) is 5.75 Å². The summed E-state index contributed by atoms with van der Waals surface area (Å²) in [6.07, 6.45) is 2.81. The predicted molar refractivity (Wildman–Crippen MR) is 113 cm³/mol. The van der Waals surface area contributed by atoms with Gasteiger partial charge < -0.3 is 19.7 Å². The number of halogens is 1. The molecule has 0 saturated carbocycles. The molecule has 30 heavy (non-hydrogen) atoms. The number of rotatable bonds is 7. The van der Waals surface area contributed by atoms with E-state index in [1.807, 2.05) is 18.2 Å². The molecule has 1 saturated heterocycles. The summed E-state index contributed by atoms with van der Waals surface area (Å²) in [5.74, 6) is 0.0273. The van der Waals surface area contributed by atoms with Gasteiger partial charge in [0.2, 0.25) is 0 Å². The quantitative estimate of drug-likeness (QED) is 0.668. The Kier molecular flexibility index (Phi) is 7.24. The summed E-state index contributed by atoms with van der Waals surface area (Å²) in [4.78, 5) is 11.6. The largest absolute Gasteiger partial charge is 0.491 e.